The van der Waals surface area contributed by atoms with Gasteiger partial charge in [-0.2, -0.15) is 0 Å². The van der Waals surface area contributed by atoms with Crippen molar-refractivity contribution in [1.29, 1.82) is 0 Å². The van der Waals surface area contributed by atoms with Gasteiger partial charge in [-0.1, -0.05) is 18.2 Å². The van der Waals surface area contributed by atoms with Gasteiger partial charge in [0.15, 0.2) is 0 Å². The third-order valence-electron chi connectivity index (χ3n) is 2.68. The zero-order valence-corrected chi connectivity index (χ0v) is 10.9. The first-order chi connectivity index (χ1) is 8.56. The van der Waals surface area contributed by atoms with Gasteiger partial charge in [0, 0.05) is 23.1 Å². The Kier molecular flexibility index (Phi) is 3.58. The molecule has 2 rings (SSSR count). The van der Waals surface area contributed by atoms with Crippen LogP contribution in [0, 0.1) is 13.8 Å². The number of nitrogens with zero attached hydrogens (tertiary/aromatic N) is 2. The van der Waals surface area contributed by atoms with Crippen LogP contribution >= 0.6 is 0 Å². The van der Waals surface area contributed by atoms with E-state index in [1.165, 1.54) is 0 Å². The molecule has 1 heterocycles. The number of aryl methyl sites for hydroxylation is 2. The van der Waals surface area contributed by atoms with Crippen molar-refractivity contribution in [3.8, 4) is 0 Å². The lowest BCUT2D eigenvalue weighted by Crippen LogP contribution is -2.09. The van der Waals surface area contributed by atoms with Crippen molar-refractivity contribution in [1.82, 2.24) is 9.97 Å². The van der Waals surface area contributed by atoms with Crippen LogP contribution in [0.15, 0.2) is 30.3 Å². The van der Waals surface area contributed by atoms with Gasteiger partial charge in [-0.05, 0) is 38.5 Å². The summed E-state index contributed by atoms with van der Waals surface area (Å²) < 4.78 is 0. The molecule has 4 nitrogen and oxygen atoms in total. The number of hydrogen-bond donors (Lipinski definition) is 2. The second-order valence-electron chi connectivity index (χ2n) is 4.48. The van der Waals surface area contributed by atoms with E-state index < -0.39 is 0 Å². The molecule has 0 radical (unpaired) electrons. The van der Waals surface area contributed by atoms with Gasteiger partial charge in [-0.25, -0.2) is 9.97 Å². The quantitative estimate of drug-likeness (QED) is 0.868. The molecule has 3 N–H and O–H groups in total. The Balaban J connectivity index is 2.34. The molecule has 0 amide bonds. The van der Waals surface area contributed by atoms with Crippen molar-refractivity contribution < 1.29 is 0 Å². The largest absolute Gasteiger partial charge is 0.324 e. The molecule has 0 saturated heterocycles. The summed E-state index contributed by atoms with van der Waals surface area (Å²) in [5.41, 5.74) is 9.85. The van der Waals surface area contributed by atoms with Gasteiger partial charge in [-0.3, -0.25) is 0 Å². The van der Waals surface area contributed by atoms with Crippen molar-refractivity contribution in [2.45, 2.75) is 26.8 Å². The average molecular weight is 242 g/mol. The molecule has 0 aliphatic heterocycles. The van der Waals surface area contributed by atoms with Crippen LogP contribution in [0.1, 0.15) is 29.9 Å². The summed E-state index contributed by atoms with van der Waals surface area (Å²) in [6, 6.07) is 9.86. The van der Waals surface area contributed by atoms with Crippen molar-refractivity contribution in [2.24, 2.45) is 5.73 Å². The second-order valence-corrected chi connectivity index (χ2v) is 4.48. The lowest BCUT2D eigenvalue weighted by Gasteiger charge is -2.13. The minimum absolute atomic E-state index is 0.0281. The van der Waals surface area contributed by atoms with E-state index in [4.69, 9.17) is 5.73 Å². The minimum Gasteiger partial charge on any atom is -0.324 e. The molecule has 4 heteroatoms. The fraction of sp³-hybridized carbons (Fsp3) is 0.286. The van der Waals surface area contributed by atoms with Gasteiger partial charge in [0.1, 0.15) is 0 Å². The summed E-state index contributed by atoms with van der Waals surface area (Å²) in [6.45, 7) is 5.87. The molecule has 1 unspecified atom stereocenters. The van der Waals surface area contributed by atoms with E-state index in [1.807, 2.05) is 51.1 Å². The van der Waals surface area contributed by atoms with Gasteiger partial charge < -0.3 is 11.1 Å². The molecule has 0 fully saturated rings. The molecule has 0 aliphatic carbocycles. The summed E-state index contributed by atoms with van der Waals surface area (Å²) >= 11 is 0. The van der Waals surface area contributed by atoms with Crippen LogP contribution in [0.5, 0.6) is 0 Å². The van der Waals surface area contributed by atoms with Gasteiger partial charge in [0.2, 0.25) is 5.95 Å². The highest BCUT2D eigenvalue weighted by Gasteiger charge is 2.07. The van der Waals surface area contributed by atoms with Crippen molar-refractivity contribution in [2.75, 3.05) is 5.32 Å². The van der Waals surface area contributed by atoms with Crippen LogP contribution in [0.25, 0.3) is 0 Å². The van der Waals surface area contributed by atoms with Crippen LogP contribution in [-0.4, -0.2) is 9.97 Å². The minimum atomic E-state index is -0.0281. The lowest BCUT2D eigenvalue weighted by atomic mass is 10.1. The second kappa shape index (κ2) is 5.14. The smallest absolute Gasteiger partial charge is 0.227 e. The number of nitrogens with one attached hydrogen (secondary N) is 1. The molecule has 18 heavy (non-hydrogen) atoms. The highest BCUT2D eigenvalue weighted by Crippen LogP contribution is 2.23. The number of aromatic nitrogens is 2. The van der Waals surface area contributed by atoms with Gasteiger partial charge in [0.05, 0.1) is 0 Å². The maximum Gasteiger partial charge on any atom is 0.227 e. The van der Waals surface area contributed by atoms with E-state index >= 15 is 0 Å². The Morgan fingerprint density at radius 2 is 1.72 bits per heavy atom. The highest BCUT2D eigenvalue weighted by atomic mass is 15.1. The number of anilines is 2. The number of benzene rings is 1. The van der Waals surface area contributed by atoms with Crippen molar-refractivity contribution in [3.63, 3.8) is 0 Å². The third kappa shape index (κ3) is 2.84. The molecule has 2 aromatic rings. The molecule has 1 atom stereocenters. The van der Waals surface area contributed by atoms with Crippen LogP contribution in [-0.2, 0) is 0 Å². The third-order valence-corrected chi connectivity index (χ3v) is 2.68. The maximum absolute atomic E-state index is 5.95. The Morgan fingerprint density at radius 3 is 2.33 bits per heavy atom. The van der Waals surface area contributed by atoms with E-state index in [-0.39, 0.29) is 6.04 Å². The Bertz CT molecular complexity index is 529. The van der Waals surface area contributed by atoms with E-state index in [0.717, 1.165) is 22.6 Å². The molecule has 0 aliphatic rings. The Morgan fingerprint density at radius 1 is 1.11 bits per heavy atom. The predicted molar refractivity (Wildman–Crippen MR) is 73.8 cm³/mol. The topological polar surface area (TPSA) is 63.8 Å². The van der Waals surface area contributed by atoms with E-state index in [1.54, 1.807) is 0 Å². The van der Waals surface area contributed by atoms with E-state index in [9.17, 15) is 0 Å². The molecule has 1 aromatic heterocycles. The zero-order chi connectivity index (χ0) is 13.1. The van der Waals surface area contributed by atoms with Crippen molar-refractivity contribution >= 4 is 11.6 Å². The normalized spacial score (nSPS) is 12.2. The number of para-hydroxylation sites is 1. The predicted octanol–water partition coefficient (Wildman–Crippen LogP) is 2.86. The number of rotatable bonds is 3. The van der Waals surface area contributed by atoms with Crippen LogP contribution < -0.4 is 11.1 Å². The van der Waals surface area contributed by atoms with Crippen LogP contribution in [0.2, 0.25) is 0 Å². The summed E-state index contributed by atoms with van der Waals surface area (Å²) in [6.07, 6.45) is 0. The van der Waals surface area contributed by atoms with Gasteiger partial charge >= 0.3 is 0 Å². The molecule has 0 bridgehead atoms. The van der Waals surface area contributed by atoms with Gasteiger partial charge in [0.25, 0.3) is 0 Å². The summed E-state index contributed by atoms with van der Waals surface area (Å²) in [5.74, 6) is 0.612. The molecule has 94 valence electrons. The van der Waals surface area contributed by atoms with Gasteiger partial charge in [-0.15, -0.1) is 0 Å². The standard InChI is InChI=1S/C14H18N4/c1-9-8-10(2)17-14(16-9)18-13-7-5-4-6-12(13)11(3)15/h4-8,11H,15H2,1-3H3,(H,16,17,18). The van der Waals surface area contributed by atoms with E-state index in [0.29, 0.717) is 5.95 Å². The zero-order valence-electron chi connectivity index (χ0n) is 10.9. The first-order valence-corrected chi connectivity index (χ1v) is 6.00. The first kappa shape index (κ1) is 12.5. The Labute approximate surface area is 107 Å². The average Bonchev–Trinajstić information content (AvgIpc) is 2.27. The highest BCUT2D eigenvalue weighted by molar-refractivity contribution is 5.59. The number of nitrogens with two attached hydrogens (primary N) is 1. The van der Waals surface area contributed by atoms with E-state index in [2.05, 4.69) is 15.3 Å². The molecular weight excluding hydrogens is 224 g/mol. The SMILES string of the molecule is Cc1cc(C)nc(Nc2ccccc2C(C)N)n1. The van der Waals surface area contributed by atoms with Crippen LogP contribution in [0.3, 0.4) is 0 Å². The fourth-order valence-electron chi connectivity index (χ4n) is 1.91. The number of hydrogen-bond acceptors (Lipinski definition) is 4. The fourth-order valence-corrected chi connectivity index (χ4v) is 1.91. The molecular formula is C14H18N4. The first-order valence-electron chi connectivity index (χ1n) is 6.00. The molecule has 0 saturated carbocycles. The van der Waals surface area contributed by atoms with Crippen LogP contribution in [0.4, 0.5) is 11.6 Å². The molecule has 0 spiro atoms. The maximum atomic E-state index is 5.95. The summed E-state index contributed by atoms with van der Waals surface area (Å²) in [4.78, 5) is 8.73. The lowest BCUT2D eigenvalue weighted by molar-refractivity contribution is 0.820. The van der Waals surface area contributed by atoms with Crippen molar-refractivity contribution in [3.05, 3.63) is 47.3 Å². The summed E-state index contributed by atoms with van der Waals surface area (Å²) in [7, 11) is 0. The Hall–Kier alpha value is -1.94. The summed E-state index contributed by atoms with van der Waals surface area (Å²) in [5, 5.41) is 3.23. The monoisotopic (exact) mass is 242 g/mol. The molecule has 1 aromatic carbocycles.